The van der Waals surface area contributed by atoms with Crippen molar-refractivity contribution in [3.8, 4) is 0 Å². The van der Waals surface area contributed by atoms with E-state index < -0.39 is 42.8 Å². The highest BCUT2D eigenvalue weighted by Gasteiger charge is 2.25. The van der Waals surface area contributed by atoms with Gasteiger partial charge in [0.1, 0.15) is 0 Å². The second-order valence-corrected chi connectivity index (χ2v) is 4.46. The van der Waals surface area contributed by atoms with Crippen LogP contribution in [0.1, 0.15) is 13.3 Å². The van der Waals surface area contributed by atoms with Crippen molar-refractivity contribution in [2.75, 3.05) is 33.0 Å². The monoisotopic (exact) mass is 328 g/mol. The number of rotatable bonds is 8. The smallest absolute Gasteiger partial charge is 0.345 e. The van der Waals surface area contributed by atoms with E-state index in [1.54, 1.807) is 0 Å². The zero-order valence-corrected chi connectivity index (χ0v) is 12.3. The van der Waals surface area contributed by atoms with Crippen molar-refractivity contribution in [3.63, 3.8) is 0 Å². The van der Waals surface area contributed by atoms with Gasteiger partial charge >= 0.3 is 11.9 Å². The minimum absolute atomic E-state index is 0.156. The van der Waals surface area contributed by atoms with E-state index in [0.29, 0.717) is 6.42 Å². The van der Waals surface area contributed by atoms with Crippen molar-refractivity contribution in [1.82, 2.24) is 0 Å². The zero-order valence-electron chi connectivity index (χ0n) is 12.3. The molecular formula is C12H24O10. The van der Waals surface area contributed by atoms with Gasteiger partial charge in [0.2, 0.25) is 0 Å². The van der Waals surface area contributed by atoms with E-state index in [0.717, 1.165) is 0 Å². The van der Waals surface area contributed by atoms with E-state index >= 15 is 0 Å². The predicted molar refractivity (Wildman–Crippen MR) is 71.3 cm³/mol. The first-order valence-corrected chi connectivity index (χ1v) is 6.43. The molecule has 0 amide bonds. The fourth-order valence-electron chi connectivity index (χ4n) is 0.870. The number of esters is 2. The van der Waals surface area contributed by atoms with Crippen LogP contribution < -0.4 is 0 Å². The fraction of sp³-hybridized carbons (Fsp3) is 0.833. The minimum atomic E-state index is -1.82. The zero-order chi connectivity index (χ0) is 17.8. The first-order valence-electron chi connectivity index (χ1n) is 6.43. The maximum absolute atomic E-state index is 10.6. The van der Waals surface area contributed by atoms with Crippen LogP contribution in [0.15, 0.2) is 0 Å². The maximum Gasteiger partial charge on any atom is 0.345 e. The van der Waals surface area contributed by atoms with E-state index in [4.69, 9.17) is 35.7 Å². The van der Waals surface area contributed by atoms with Gasteiger partial charge < -0.3 is 40.5 Å². The molecule has 0 spiro atoms. The van der Waals surface area contributed by atoms with Gasteiger partial charge in [-0.1, -0.05) is 6.92 Å². The van der Waals surface area contributed by atoms with Crippen molar-refractivity contribution >= 4 is 11.9 Å². The first kappa shape index (κ1) is 23.1. The topological polar surface area (TPSA) is 185 Å². The quantitative estimate of drug-likeness (QED) is 0.172. The summed E-state index contributed by atoms with van der Waals surface area (Å²) in [4.78, 5) is 21.1. The molecule has 22 heavy (non-hydrogen) atoms. The van der Waals surface area contributed by atoms with Crippen LogP contribution in [0.4, 0.5) is 0 Å². The molecule has 0 aliphatic heterocycles. The highest BCUT2D eigenvalue weighted by molar-refractivity contribution is 5.89. The molecule has 0 aromatic heterocycles. The van der Waals surface area contributed by atoms with Crippen LogP contribution in [0.5, 0.6) is 0 Å². The Bertz CT molecular complexity index is 278. The van der Waals surface area contributed by atoms with Crippen molar-refractivity contribution in [2.24, 2.45) is 5.41 Å². The molecule has 10 nitrogen and oxygen atoms in total. The molecule has 0 aliphatic rings. The average molecular weight is 328 g/mol. The van der Waals surface area contributed by atoms with Gasteiger partial charge in [0.15, 0.2) is 12.2 Å². The van der Waals surface area contributed by atoms with Crippen molar-refractivity contribution < 1.29 is 50.1 Å². The molecule has 0 saturated heterocycles. The summed E-state index contributed by atoms with van der Waals surface area (Å²) in [6.07, 6.45) is -3.05. The summed E-state index contributed by atoms with van der Waals surface area (Å²) in [5, 5.41) is 59.7. The Kier molecular flexibility index (Phi) is 13.0. The average Bonchev–Trinajstić information content (AvgIpc) is 2.56. The molecule has 2 unspecified atom stereocenters. The van der Waals surface area contributed by atoms with Crippen molar-refractivity contribution in [2.45, 2.75) is 25.6 Å². The van der Waals surface area contributed by atoms with E-state index in [2.05, 4.69) is 4.74 Å². The van der Waals surface area contributed by atoms with Crippen LogP contribution >= 0.6 is 0 Å². The summed E-state index contributed by atoms with van der Waals surface area (Å²) in [7, 11) is 0. The highest BCUT2D eigenvalue weighted by atomic mass is 16.6. The molecule has 10 heteroatoms. The molecule has 0 fully saturated rings. The molecule has 0 bridgehead atoms. The number of ether oxygens (including phenoxy) is 1. The van der Waals surface area contributed by atoms with Crippen molar-refractivity contribution in [3.05, 3.63) is 0 Å². The minimum Gasteiger partial charge on any atom is -0.396 e. The molecule has 0 aromatic carbocycles. The van der Waals surface area contributed by atoms with E-state index in [-0.39, 0.29) is 19.8 Å². The Morgan fingerprint density at radius 3 is 1.32 bits per heavy atom. The van der Waals surface area contributed by atoms with Gasteiger partial charge in [-0.05, 0) is 6.42 Å². The number of aliphatic hydroxyl groups excluding tert-OH is 7. The van der Waals surface area contributed by atoms with Gasteiger partial charge in [-0.2, -0.15) is 0 Å². The lowest BCUT2D eigenvalue weighted by molar-refractivity contribution is -0.173. The predicted octanol–water partition coefficient (Wildman–Crippen LogP) is -3.88. The van der Waals surface area contributed by atoms with Crippen LogP contribution in [-0.4, -0.2) is 92.9 Å². The largest absolute Gasteiger partial charge is 0.396 e. The molecule has 0 aliphatic carbocycles. The Morgan fingerprint density at radius 1 is 0.864 bits per heavy atom. The van der Waals surface area contributed by atoms with Crippen LogP contribution in [0.3, 0.4) is 0 Å². The molecule has 2 atom stereocenters. The Balaban J connectivity index is 0. The molecule has 0 aromatic rings. The highest BCUT2D eigenvalue weighted by Crippen LogP contribution is 2.18. The van der Waals surface area contributed by atoms with Crippen molar-refractivity contribution in [1.29, 1.82) is 0 Å². The van der Waals surface area contributed by atoms with Gasteiger partial charge in [-0.25, -0.2) is 9.59 Å². The third-order valence-electron chi connectivity index (χ3n) is 2.85. The summed E-state index contributed by atoms with van der Waals surface area (Å²) in [6.45, 7) is -0.422. The van der Waals surface area contributed by atoms with Gasteiger partial charge in [0.05, 0.1) is 33.0 Å². The molecule has 132 valence electrons. The second-order valence-electron chi connectivity index (χ2n) is 4.46. The third-order valence-corrected chi connectivity index (χ3v) is 2.85. The summed E-state index contributed by atoms with van der Waals surface area (Å²) in [5.41, 5.74) is -0.667. The van der Waals surface area contributed by atoms with Gasteiger partial charge in [-0.15, -0.1) is 0 Å². The standard InChI is InChI=1S/C6H10O7.C6H14O3/c7-1-3(9)5(11)13-6(12)4(10)2-8;1-2-6(3-7,4-8)5-9/h3-4,7-10H,1-2H2;7-9H,2-5H2,1H3. The number of carbonyl (C=O) groups excluding carboxylic acids is 2. The summed E-state index contributed by atoms with van der Waals surface area (Å²) >= 11 is 0. The van der Waals surface area contributed by atoms with Gasteiger partial charge in [0, 0.05) is 5.41 Å². The SMILES string of the molecule is CCC(CO)(CO)CO.O=C(OC(=O)C(O)CO)C(O)CO. The normalized spacial score (nSPS) is 13.6. The molecule has 0 rings (SSSR count). The van der Waals surface area contributed by atoms with Crippen LogP contribution in [0, 0.1) is 5.41 Å². The summed E-state index contributed by atoms with van der Waals surface area (Å²) in [6, 6.07) is 0. The van der Waals surface area contributed by atoms with Crippen LogP contribution in [-0.2, 0) is 14.3 Å². The molecule has 0 heterocycles. The lowest BCUT2D eigenvalue weighted by Gasteiger charge is -2.24. The van der Waals surface area contributed by atoms with Gasteiger partial charge in [-0.3, -0.25) is 0 Å². The lowest BCUT2D eigenvalue weighted by atomic mass is 9.88. The number of aliphatic hydroxyl groups is 7. The molecular weight excluding hydrogens is 304 g/mol. The molecule has 7 N–H and O–H groups in total. The first-order chi connectivity index (χ1) is 10.3. The maximum atomic E-state index is 10.6. The fourth-order valence-corrected chi connectivity index (χ4v) is 0.870. The van der Waals surface area contributed by atoms with E-state index in [1.165, 1.54) is 0 Å². The summed E-state index contributed by atoms with van der Waals surface area (Å²) < 4.78 is 3.86. The number of hydrogen-bond acceptors (Lipinski definition) is 10. The Labute approximate surface area is 127 Å². The van der Waals surface area contributed by atoms with Gasteiger partial charge in [0.25, 0.3) is 0 Å². The van der Waals surface area contributed by atoms with Crippen LogP contribution in [0.25, 0.3) is 0 Å². The third kappa shape index (κ3) is 8.34. The second kappa shape index (κ2) is 12.4. The van der Waals surface area contributed by atoms with E-state index in [1.807, 2.05) is 6.92 Å². The lowest BCUT2D eigenvalue weighted by Crippen LogP contribution is -2.34. The number of hydrogen-bond donors (Lipinski definition) is 7. The van der Waals surface area contributed by atoms with Crippen LogP contribution in [0.2, 0.25) is 0 Å². The van der Waals surface area contributed by atoms with E-state index in [9.17, 15) is 9.59 Å². The Morgan fingerprint density at radius 2 is 1.18 bits per heavy atom. The summed E-state index contributed by atoms with van der Waals surface area (Å²) in [5.74, 6) is -2.75. The Hall–Kier alpha value is -1.14. The molecule has 0 saturated carbocycles. The molecule has 0 radical (unpaired) electrons. The number of carbonyl (C=O) groups is 2.